The van der Waals surface area contributed by atoms with Crippen LogP contribution in [0.5, 0.6) is 5.75 Å². The van der Waals surface area contributed by atoms with Crippen LogP contribution in [0.3, 0.4) is 0 Å². The molecule has 7 heteroatoms. The first-order chi connectivity index (χ1) is 14.9. The Morgan fingerprint density at radius 1 is 1.00 bits per heavy atom. The number of Topliss-reactive ketones (excluding diaryl/α,β-unsaturated/α-hetero) is 1. The molecule has 0 aliphatic carbocycles. The SMILES string of the molecule is COCCn1c(SCC(=O)c2c(C)c(C)cc(C)c2C)nnc1-c1ccc(OC)cc1. The molecule has 6 nitrogen and oxygen atoms in total. The van der Waals surface area contributed by atoms with Gasteiger partial charge in [0.05, 0.1) is 26.0 Å². The van der Waals surface area contributed by atoms with Crippen LogP contribution in [-0.2, 0) is 11.3 Å². The normalized spacial score (nSPS) is 11.0. The second kappa shape index (κ2) is 10.1. The summed E-state index contributed by atoms with van der Waals surface area (Å²) in [6.45, 7) is 9.26. The van der Waals surface area contributed by atoms with Gasteiger partial charge in [-0.05, 0) is 74.2 Å². The zero-order valence-corrected chi connectivity index (χ0v) is 19.8. The molecule has 0 amide bonds. The smallest absolute Gasteiger partial charge is 0.192 e. The van der Waals surface area contributed by atoms with Crippen molar-refractivity contribution in [3.8, 4) is 17.1 Å². The molecular weight excluding hydrogens is 410 g/mol. The van der Waals surface area contributed by atoms with E-state index in [-0.39, 0.29) is 5.78 Å². The highest BCUT2D eigenvalue weighted by Crippen LogP contribution is 2.28. The number of carbonyl (C=O) groups is 1. The first-order valence-electron chi connectivity index (χ1n) is 10.2. The lowest BCUT2D eigenvalue weighted by molar-refractivity contribution is 0.102. The summed E-state index contributed by atoms with van der Waals surface area (Å²) < 4.78 is 12.5. The van der Waals surface area contributed by atoms with E-state index in [1.54, 1.807) is 14.2 Å². The molecule has 0 atom stereocenters. The van der Waals surface area contributed by atoms with Gasteiger partial charge in [-0.2, -0.15) is 0 Å². The van der Waals surface area contributed by atoms with Crippen molar-refractivity contribution in [3.63, 3.8) is 0 Å². The maximum Gasteiger partial charge on any atom is 0.192 e. The standard InChI is InChI=1S/C24H29N3O3S/c1-15-13-16(2)18(4)22(17(15)3)21(28)14-31-24-26-25-23(27(24)11-12-29-5)19-7-9-20(30-6)10-8-19/h7-10,13H,11-12,14H2,1-6H3. The molecule has 0 aliphatic rings. The Kier molecular flexibility index (Phi) is 7.51. The molecule has 3 aromatic rings. The van der Waals surface area contributed by atoms with Gasteiger partial charge >= 0.3 is 0 Å². The molecule has 0 spiro atoms. The highest BCUT2D eigenvalue weighted by atomic mass is 32.2. The van der Waals surface area contributed by atoms with Crippen LogP contribution in [0.2, 0.25) is 0 Å². The minimum absolute atomic E-state index is 0.110. The molecule has 0 unspecified atom stereocenters. The number of ketones is 1. The van der Waals surface area contributed by atoms with Crippen LogP contribution in [0.15, 0.2) is 35.5 Å². The molecule has 2 aromatic carbocycles. The van der Waals surface area contributed by atoms with Gasteiger partial charge in [-0.3, -0.25) is 9.36 Å². The molecule has 0 N–H and O–H groups in total. The summed E-state index contributed by atoms with van der Waals surface area (Å²) in [4.78, 5) is 13.1. The fourth-order valence-corrected chi connectivity index (χ4v) is 4.41. The molecule has 3 rings (SSSR count). The number of nitrogens with zero attached hydrogens (tertiary/aromatic N) is 3. The Labute approximate surface area is 188 Å². The van der Waals surface area contributed by atoms with E-state index in [1.807, 2.05) is 56.5 Å². The van der Waals surface area contributed by atoms with Gasteiger partial charge in [-0.1, -0.05) is 17.8 Å². The lowest BCUT2D eigenvalue weighted by Crippen LogP contribution is -2.12. The Morgan fingerprint density at radius 2 is 1.65 bits per heavy atom. The first kappa shape index (κ1) is 23.0. The zero-order chi connectivity index (χ0) is 22.5. The predicted molar refractivity (Wildman–Crippen MR) is 124 cm³/mol. The van der Waals surface area contributed by atoms with Gasteiger partial charge in [0.1, 0.15) is 5.75 Å². The summed E-state index contributed by atoms with van der Waals surface area (Å²) in [6.07, 6.45) is 0. The van der Waals surface area contributed by atoms with Crippen LogP contribution in [0.1, 0.15) is 32.6 Å². The zero-order valence-electron chi connectivity index (χ0n) is 19.0. The van der Waals surface area contributed by atoms with Crippen molar-refractivity contribution < 1.29 is 14.3 Å². The van der Waals surface area contributed by atoms with Crippen LogP contribution in [0, 0.1) is 27.7 Å². The summed E-state index contributed by atoms with van der Waals surface area (Å²) in [6, 6.07) is 9.83. The fraction of sp³-hybridized carbons (Fsp3) is 0.375. The molecule has 0 radical (unpaired) electrons. The van der Waals surface area contributed by atoms with Crippen LogP contribution >= 0.6 is 11.8 Å². The summed E-state index contributed by atoms with van der Waals surface area (Å²) >= 11 is 1.41. The van der Waals surface area contributed by atoms with Gasteiger partial charge < -0.3 is 9.47 Å². The average molecular weight is 440 g/mol. The number of aromatic nitrogens is 3. The number of aryl methyl sites for hydroxylation is 2. The fourth-order valence-electron chi connectivity index (χ4n) is 3.57. The maximum absolute atomic E-state index is 13.1. The van der Waals surface area contributed by atoms with Gasteiger partial charge in [0.25, 0.3) is 0 Å². The van der Waals surface area contributed by atoms with Crippen molar-refractivity contribution in [3.05, 3.63) is 58.1 Å². The van der Waals surface area contributed by atoms with Crippen molar-refractivity contribution in [2.75, 3.05) is 26.6 Å². The van der Waals surface area contributed by atoms with Gasteiger partial charge in [0, 0.05) is 18.2 Å². The lowest BCUT2D eigenvalue weighted by Gasteiger charge is -2.14. The molecule has 0 fully saturated rings. The van der Waals surface area contributed by atoms with Crippen LogP contribution in [0.4, 0.5) is 0 Å². The van der Waals surface area contributed by atoms with Gasteiger partial charge in [-0.25, -0.2) is 0 Å². The Bertz CT molecular complexity index is 1050. The number of carbonyl (C=O) groups excluding carboxylic acids is 1. The molecule has 0 saturated heterocycles. The van der Waals surface area contributed by atoms with Gasteiger partial charge in [0.15, 0.2) is 16.8 Å². The Morgan fingerprint density at radius 3 is 2.23 bits per heavy atom. The first-order valence-corrected chi connectivity index (χ1v) is 11.2. The summed E-state index contributed by atoms with van der Waals surface area (Å²) in [7, 11) is 3.31. The van der Waals surface area contributed by atoms with E-state index < -0.39 is 0 Å². The summed E-state index contributed by atoms with van der Waals surface area (Å²) in [5.41, 5.74) is 6.14. The second-order valence-corrected chi connectivity index (χ2v) is 8.47. The number of benzene rings is 2. The summed E-state index contributed by atoms with van der Waals surface area (Å²) in [5.74, 6) is 1.94. The van der Waals surface area contributed by atoms with Crippen molar-refractivity contribution >= 4 is 17.5 Å². The number of hydrogen-bond donors (Lipinski definition) is 0. The number of ether oxygens (including phenoxy) is 2. The van der Waals surface area contributed by atoms with E-state index in [4.69, 9.17) is 9.47 Å². The summed E-state index contributed by atoms with van der Waals surface area (Å²) in [5, 5.41) is 9.47. The molecule has 0 bridgehead atoms. The molecule has 0 saturated carbocycles. The second-order valence-electron chi connectivity index (χ2n) is 7.53. The minimum Gasteiger partial charge on any atom is -0.497 e. The lowest BCUT2D eigenvalue weighted by atomic mass is 9.92. The third-order valence-corrected chi connectivity index (χ3v) is 6.53. The number of methoxy groups -OCH3 is 2. The predicted octanol–water partition coefficient (Wildman–Crippen LogP) is 4.81. The maximum atomic E-state index is 13.1. The highest BCUT2D eigenvalue weighted by Gasteiger charge is 2.19. The van der Waals surface area contributed by atoms with Crippen molar-refractivity contribution in [1.82, 2.24) is 14.8 Å². The van der Waals surface area contributed by atoms with Crippen LogP contribution in [0.25, 0.3) is 11.4 Å². The molecule has 1 heterocycles. The van der Waals surface area contributed by atoms with Crippen molar-refractivity contribution in [2.45, 2.75) is 39.4 Å². The molecule has 164 valence electrons. The average Bonchev–Trinajstić information content (AvgIpc) is 3.17. The Balaban J connectivity index is 1.86. The number of rotatable bonds is 9. The third-order valence-electron chi connectivity index (χ3n) is 5.56. The topological polar surface area (TPSA) is 66.2 Å². The number of hydrogen-bond acceptors (Lipinski definition) is 6. The number of thioether (sulfide) groups is 1. The van der Waals surface area contributed by atoms with Crippen LogP contribution < -0.4 is 4.74 Å². The molecular formula is C24H29N3O3S. The van der Waals surface area contributed by atoms with Crippen molar-refractivity contribution in [1.29, 1.82) is 0 Å². The van der Waals surface area contributed by atoms with E-state index >= 15 is 0 Å². The highest BCUT2D eigenvalue weighted by molar-refractivity contribution is 7.99. The largest absolute Gasteiger partial charge is 0.497 e. The molecule has 0 aliphatic heterocycles. The quantitative estimate of drug-likeness (QED) is 0.352. The van der Waals surface area contributed by atoms with E-state index in [1.165, 1.54) is 11.8 Å². The van der Waals surface area contributed by atoms with E-state index in [0.717, 1.165) is 45.0 Å². The van der Waals surface area contributed by atoms with Gasteiger partial charge in [-0.15, -0.1) is 10.2 Å². The monoisotopic (exact) mass is 439 g/mol. The van der Waals surface area contributed by atoms with E-state index in [9.17, 15) is 4.79 Å². The Hall–Kier alpha value is -2.64. The van der Waals surface area contributed by atoms with E-state index in [2.05, 4.69) is 16.3 Å². The molecule has 31 heavy (non-hydrogen) atoms. The van der Waals surface area contributed by atoms with Gasteiger partial charge in [0.2, 0.25) is 0 Å². The third kappa shape index (κ3) is 4.99. The van der Waals surface area contributed by atoms with Crippen LogP contribution in [-0.4, -0.2) is 47.1 Å². The van der Waals surface area contributed by atoms with E-state index in [0.29, 0.717) is 24.1 Å². The molecule has 1 aromatic heterocycles. The minimum atomic E-state index is 0.110. The van der Waals surface area contributed by atoms with Crippen molar-refractivity contribution in [2.24, 2.45) is 0 Å².